The van der Waals surface area contributed by atoms with Gasteiger partial charge in [-0.15, -0.1) is 0 Å². The van der Waals surface area contributed by atoms with Crippen molar-refractivity contribution in [2.45, 2.75) is 32.4 Å². The highest BCUT2D eigenvalue weighted by atomic mass is 16.2. The fraction of sp³-hybridized carbons (Fsp3) is 0.562. The Morgan fingerprint density at radius 2 is 1.95 bits per heavy atom. The summed E-state index contributed by atoms with van der Waals surface area (Å²) < 4.78 is 0. The van der Waals surface area contributed by atoms with Gasteiger partial charge in [0.25, 0.3) is 0 Å². The molecule has 3 rings (SSSR count). The number of para-hydroxylation sites is 1. The zero-order chi connectivity index (χ0) is 13.9. The third kappa shape index (κ3) is 2.86. The quantitative estimate of drug-likeness (QED) is 0.914. The van der Waals surface area contributed by atoms with Crippen molar-refractivity contribution in [3.8, 4) is 0 Å². The maximum Gasteiger partial charge on any atom is 0.241 e. The lowest BCUT2D eigenvalue weighted by Crippen LogP contribution is -2.43. The number of carbonyl (C=O) groups excluding carboxylic acids is 1. The molecule has 0 aromatic heterocycles. The van der Waals surface area contributed by atoms with Gasteiger partial charge < -0.3 is 10.2 Å². The molecule has 4 nitrogen and oxygen atoms in total. The van der Waals surface area contributed by atoms with Crippen molar-refractivity contribution in [1.82, 2.24) is 9.80 Å². The molecule has 2 heterocycles. The third-order valence-electron chi connectivity index (χ3n) is 4.48. The fourth-order valence-electron chi connectivity index (χ4n) is 3.09. The van der Waals surface area contributed by atoms with E-state index in [9.17, 15) is 4.79 Å². The summed E-state index contributed by atoms with van der Waals surface area (Å²) in [5.41, 5.74) is 2.18. The zero-order valence-electron chi connectivity index (χ0n) is 12.1. The van der Waals surface area contributed by atoms with Crippen LogP contribution < -0.4 is 5.32 Å². The molecule has 0 spiro atoms. The number of hydrogen-bond acceptors (Lipinski definition) is 3. The molecule has 1 atom stereocenters. The molecule has 2 aliphatic rings. The molecule has 0 saturated carbocycles. The first-order valence-corrected chi connectivity index (χ1v) is 7.59. The molecule has 108 valence electrons. The van der Waals surface area contributed by atoms with E-state index in [4.69, 9.17) is 0 Å². The molecule has 1 amide bonds. The van der Waals surface area contributed by atoms with Gasteiger partial charge in [-0.3, -0.25) is 9.69 Å². The van der Waals surface area contributed by atoms with Crippen molar-refractivity contribution in [3.63, 3.8) is 0 Å². The predicted octanol–water partition coefficient (Wildman–Crippen LogP) is 1.93. The molecule has 0 bridgehead atoms. The van der Waals surface area contributed by atoms with Crippen molar-refractivity contribution >= 4 is 11.6 Å². The predicted molar refractivity (Wildman–Crippen MR) is 80.6 cm³/mol. The Morgan fingerprint density at radius 1 is 1.20 bits per heavy atom. The topological polar surface area (TPSA) is 35.6 Å². The molecule has 0 aliphatic carbocycles. The first kappa shape index (κ1) is 13.6. The Kier molecular flexibility index (Phi) is 4.03. The number of nitrogens with one attached hydrogen (secondary N) is 1. The van der Waals surface area contributed by atoms with E-state index in [1.165, 1.54) is 31.5 Å². The van der Waals surface area contributed by atoms with Crippen LogP contribution in [0.5, 0.6) is 0 Å². The summed E-state index contributed by atoms with van der Waals surface area (Å²) >= 11 is 0. The molecule has 20 heavy (non-hydrogen) atoms. The van der Waals surface area contributed by atoms with Crippen LogP contribution in [-0.4, -0.2) is 47.9 Å². The number of fused-ring (bicyclic) bond motifs is 1. The Bertz CT molecular complexity index is 482. The molecule has 2 aliphatic heterocycles. The van der Waals surface area contributed by atoms with Crippen molar-refractivity contribution in [1.29, 1.82) is 0 Å². The summed E-state index contributed by atoms with van der Waals surface area (Å²) in [6.45, 7) is 7.31. The maximum atomic E-state index is 12.2. The lowest BCUT2D eigenvalue weighted by Gasteiger charge is -2.27. The second-order valence-electron chi connectivity index (χ2n) is 5.84. The third-order valence-corrected chi connectivity index (χ3v) is 4.48. The van der Waals surface area contributed by atoms with E-state index < -0.39 is 0 Å². The first-order valence-electron chi connectivity index (χ1n) is 7.59. The fourth-order valence-corrected chi connectivity index (χ4v) is 3.09. The first-order chi connectivity index (χ1) is 9.74. The normalized spacial score (nSPS) is 24.2. The van der Waals surface area contributed by atoms with Crippen molar-refractivity contribution in [2.75, 3.05) is 31.5 Å². The van der Waals surface area contributed by atoms with E-state index in [0.717, 1.165) is 25.3 Å². The van der Waals surface area contributed by atoms with Gasteiger partial charge in [0.2, 0.25) is 5.91 Å². The van der Waals surface area contributed by atoms with E-state index in [1.54, 1.807) is 0 Å². The summed E-state index contributed by atoms with van der Waals surface area (Å²) in [4.78, 5) is 17.0. The van der Waals surface area contributed by atoms with Crippen LogP contribution >= 0.6 is 0 Å². The average Bonchev–Trinajstić information content (AvgIpc) is 2.93. The SMILES string of the molecule is C[C@H]1C(=O)Nc2ccccc2CN1CCN1CCCC1. The summed E-state index contributed by atoms with van der Waals surface area (Å²) in [7, 11) is 0. The highest BCUT2D eigenvalue weighted by Gasteiger charge is 2.26. The molecule has 1 aromatic carbocycles. The summed E-state index contributed by atoms with van der Waals surface area (Å²) in [6.07, 6.45) is 2.64. The minimum absolute atomic E-state index is 0.0648. The van der Waals surface area contributed by atoms with Crippen molar-refractivity contribution in [2.24, 2.45) is 0 Å². The van der Waals surface area contributed by atoms with Crippen LogP contribution in [0, 0.1) is 0 Å². The highest BCUT2D eigenvalue weighted by molar-refractivity contribution is 5.95. The molecule has 0 unspecified atom stereocenters. The number of rotatable bonds is 3. The van der Waals surface area contributed by atoms with Crippen LogP contribution in [0.2, 0.25) is 0 Å². The van der Waals surface area contributed by atoms with Gasteiger partial charge in [0.1, 0.15) is 0 Å². The molecular weight excluding hydrogens is 250 g/mol. The summed E-state index contributed by atoms with van der Waals surface area (Å²) in [6, 6.07) is 8.05. The number of nitrogens with zero attached hydrogens (tertiary/aromatic N) is 2. The van der Waals surface area contributed by atoms with Gasteiger partial charge in [0.15, 0.2) is 0 Å². The summed E-state index contributed by atoms with van der Waals surface area (Å²) in [5, 5.41) is 3.04. The molecule has 4 heteroatoms. The highest BCUT2D eigenvalue weighted by Crippen LogP contribution is 2.22. The van der Waals surface area contributed by atoms with Crippen LogP contribution in [0.25, 0.3) is 0 Å². The minimum atomic E-state index is -0.0648. The monoisotopic (exact) mass is 273 g/mol. The van der Waals surface area contributed by atoms with Crippen molar-refractivity contribution < 1.29 is 4.79 Å². The molecule has 1 fully saturated rings. The van der Waals surface area contributed by atoms with Crippen LogP contribution in [0.3, 0.4) is 0 Å². The van der Waals surface area contributed by atoms with Crippen LogP contribution in [0.15, 0.2) is 24.3 Å². The van der Waals surface area contributed by atoms with Gasteiger partial charge in [-0.25, -0.2) is 0 Å². The van der Waals surface area contributed by atoms with Gasteiger partial charge in [0.05, 0.1) is 6.04 Å². The Balaban J connectivity index is 1.70. The number of amides is 1. The van der Waals surface area contributed by atoms with E-state index in [2.05, 4.69) is 21.2 Å². The van der Waals surface area contributed by atoms with E-state index in [1.807, 2.05) is 25.1 Å². The van der Waals surface area contributed by atoms with Gasteiger partial charge in [-0.1, -0.05) is 18.2 Å². The van der Waals surface area contributed by atoms with Crippen LogP contribution in [0.4, 0.5) is 5.69 Å². The average molecular weight is 273 g/mol. The Morgan fingerprint density at radius 3 is 2.75 bits per heavy atom. The van der Waals surface area contributed by atoms with Gasteiger partial charge in [0, 0.05) is 25.3 Å². The van der Waals surface area contributed by atoms with Gasteiger partial charge in [-0.2, -0.15) is 0 Å². The lowest BCUT2D eigenvalue weighted by molar-refractivity contribution is -0.120. The summed E-state index contributed by atoms with van der Waals surface area (Å²) in [5.74, 6) is 0.108. The second kappa shape index (κ2) is 5.94. The largest absolute Gasteiger partial charge is 0.324 e. The number of carbonyl (C=O) groups is 1. The Hall–Kier alpha value is -1.39. The zero-order valence-corrected chi connectivity index (χ0v) is 12.1. The molecule has 1 aromatic rings. The van der Waals surface area contributed by atoms with Gasteiger partial charge >= 0.3 is 0 Å². The second-order valence-corrected chi connectivity index (χ2v) is 5.84. The van der Waals surface area contributed by atoms with E-state index >= 15 is 0 Å². The number of benzene rings is 1. The molecule has 1 saturated heterocycles. The van der Waals surface area contributed by atoms with Crippen LogP contribution in [0.1, 0.15) is 25.3 Å². The number of hydrogen-bond donors (Lipinski definition) is 1. The van der Waals surface area contributed by atoms with Crippen molar-refractivity contribution in [3.05, 3.63) is 29.8 Å². The lowest BCUT2D eigenvalue weighted by atomic mass is 10.1. The molecule has 0 radical (unpaired) electrons. The number of likely N-dealkylation sites (tertiary alicyclic amines) is 1. The van der Waals surface area contributed by atoms with E-state index in [0.29, 0.717) is 0 Å². The van der Waals surface area contributed by atoms with E-state index in [-0.39, 0.29) is 11.9 Å². The van der Waals surface area contributed by atoms with Crippen LogP contribution in [-0.2, 0) is 11.3 Å². The smallest absolute Gasteiger partial charge is 0.241 e. The maximum absolute atomic E-state index is 12.2. The molecular formula is C16H23N3O. The minimum Gasteiger partial charge on any atom is -0.324 e. The van der Waals surface area contributed by atoms with Gasteiger partial charge in [-0.05, 0) is 44.5 Å². The molecule has 1 N–H and O–H groups in total. The standard InChI is InChI=1S/C16H23N3O/c1-13-16(20)17-15-7-3-2-6-14(15)12-19(13)11-10-18-8-4-5-9-18/h2-3,6-7,13H,4-5,8-12H2,1H3,(H,17,20)/t13-/m0/s1. The number of anilines is 1. The Labute approximate surface area is 120 Å².